The molecule has 0 fully saturated rings. The molecule has 1 heterocycles. The van der Waals surface area contributed by atoms with E-state index in [1.165, 1.54) is 12.1 Å². The van der Waals surface area contributed by atoms with Gasteiger partial charge in [0.05, 0.1) is 23.7 Å². The van der Waals surface area contributed by atoms with E-state index in [1.54, 1.807) is 24.7 Å². The second-order valence-electron chi connectivity index (χ2n) is 6.85. The minimum absolute atomic E-state index is 0.00825. The van der Waals surface area contributed by atoms with Gasteiger partial charge in [0.1, 0.15) is 0 Å². The molecule has 128 valence electrons. The van der Waals surface area contributed by atoms with Gasteiger partial charge in [-0.2, -0.15) is 0 Å². The molecule has 1 aromatic carbocycles. The first kappa shape index (κ1) is 17.7. The van der Waals surface area contributed by atoms with E-state index in [1.807, 2.05) is 10.8 Å². The van der Waals surface area contributed by atoms with Crippen LogP contribution in [-0.4, -0.2) is 26.4 Å². The molecular formula is C17H22N4O3. The Morgan fingerprint density at radius 1 is 1.42 bits per heavy atom. The number of imidazole rings is 1. The average Bonchev–Trinajstić information content (AvgIpc) is 2.99. The van der Waals surface area contributed by atoms with Gasteiger partial charge in [-0.3, -0.25) is 14.9 Å². The molecule has 0 aliphatic rings. The van der Waals surface area contributed by atoms with Crippen LogP contribution in [0.5, 0.6) is 0 Å². The third-order valence-electron chi connectivity index (χ3n) is 3.82. The number of hydrogen-bond donors (Lipinski definition) is 1. The summed E-state index contributed by atoms with van der Waals surface area (Å²) in [6.07, 6.45) is 5.37. The number of rotatable bonds is 6. The lowest BCUT2D eigenvalue weighted by Crippen LogP contribution is -2.46. The van der Waals surface area contributed by atoms with Crippen LogP contribution < -0.4 is 5.32 Å². The third-order valence-corrected chi connectivity index (χ3v) is 3.82. The van der Waals surface area contributed by atoms with Crippen LogP contribution >= 0.6 is 0 Å². The van der Waals surface area contributed by atoms with Gasteiger partial charge < -0.3 is 9.88 Å². The highest BCUT2D eigenvalue weighted by atomic mass is 16.6. The van der Waals surface area contributed by atoms with Crippen molar-refractivity contribution in [1.29, 1.82) is 0 Å². The SMILES string of the molecule is CC(C)(C)C(Cn1ccnc1)NC(=O)Cc1cccc([N+](=O)[O-])c1. The van der Waals surface area contributed by atoms with Crippen LogP contribution in [0, 0.1) is 15.5 Å². The number of nitro groups is 1. The van der Waals surface area contributed by atoms with Gasteiger partial charge in [-0.25, -0.2) is 4.98 Å². The van der Waals surface area contributed by atoms with E-state index in [2.05, 4.69) is 31.1 Å². The fourth-order valence-electron chi connectivity index (χ4n) is 2.35. The number of nitrogens with zero attached hydrogens (tertiary/aromatic N) is 3. The van der Waals surface area contributed by atoms with Crippen molar-refractivity contribution in [3.8, 4) is 0 Å². The maximum Gasteiger partial charge on any atom is 0.269 e. The summed E-state index contributed by atoms with van der Waals surface area (Å²) in [6.45, 7) is 6.79. The zero-order chi connectivity index (χ0) is 17.7. The third kappa shape index (κ3) is 4.91. The minimum atomic E-state index is -0.460. The molecule has 0 saturated heterocycles. The molecule has 0 aliphatic carbocycles. The molecule has 1 atom stereocenters. The summed E-state index contributed by atoms with van der Waals surface area (Å²) >= 11 is 0. The van der Waals surface area contributed by atoms with Crippen LogP contribution in [0.3, 0.4) is 0 Å². The number of aromatic nitrogens is 2. The van der Waals surface area contributed by atoms with Crippen LogP contribution in [0.2, 0.25) is 0 Å². The molecule has 0 saturated carbocycles. The fraction of sp³-hybridized carbons (Fsp3) is 0.412. The second kappa shape index (κ2) is 7.25. The molecule has 1 unspecified atom stereocenters. The predicted molar refractivity (Wildman–Crippen MR) is 90.4 cm³/mol. The number of amides is 1. The molecule has 0 spiro atoms. The maximum atomic E-state index is 12.4. The van der Waals surface area contributed by atoms with Gasteiger partial charge in [0.2, 0.25) is 5.91 Å². The average molecular weight is 330 g/mol. The Kier molecular flexibility index (Phi) is 5.33. The van der Waals surface area contributed by atoms with E-state index in [0.717, 1.165) is 0 Å². The topological polar surface area (TPSA) is 90.1 Å². The summed E-state index contributed by atoms with van der Waals surface area (Å²) < 4.78 is 1.92. The highest BCUT2D eigenvalue weighted by Gasteiger charge is 2.26. The number of carbonyl (C=O) groups is 1. The number of non-ortho nitro benzene ring substituents is 1. The van der Waals surface area contributed by atoms with E-state index >= 15 is 0 Å². The van der Waals surface area contributed by atoms with E-state index < -0.39 is 4.92 Å². The minimum Gasteiger partial charge on any atom is -0.351 e. The largest absolute Gasteiger partial charge is 0.351 e. The lowest BCUT2D eigenvalue weighted by molar-refractivity contribution is -0.384. The molecule has 1 N–H and O–H groups in total. The van der Waals surface area contributed by atoms with Gasteiger partial charge in [0, 0.05) is 31.1 Å². The molecule has 1 amide bonds. The zero-order valence-electron chi connectivity index (χ0n) is 14.1. The summed E-state index contributed by atoms with van der Waals surface area (Å²) in [5, 5.41) is 13.9. The Labute approximate surface area is 140 Å². The van der Waals surface area contributed by atoms with E-state index in [4.69, 9.17) is 0 Å². The Balaban J connectivity index is 2.05. The number of nitro benzene ring substituents is 1. The van der Waals surface area contributed by atoms with E-state index in [0.29, 0.717) is 12.1 Å². The molecular weight excluding hydrogens is 308 g/mol. The lowest BCUT2D eigenvalue weighted by Gasteiger charge is -2.31. The summed E-state index contributed by atoms with van der Waals surface area (Å²) in [6, 6.07) is 6.07. The van der Waals surface area contributed by atoms with Gasteiger partial charge in [-0.05, 0) is 11.0 Å². The van der Waals surface area contributed by atoms with Crippen molar-refractivity contribution in [3.63, 3.8) is 0 Å². The number of nitrogens with one attached hydrogen (secondary N) is 1. The van der Waals surface area contributed by atoms with Crippen LogP contribution in [-0.2, 0) is 17.8 Å². The highest BCUT2D eigenvalue weighted by Crippen LogP contribution is 2.21. The quantitative estimate of drug-likeness (QED) is 0.651. The summed E-state index contributed by atoms with van der Waals surface area (Å²) in [7, 11) is 0. The number of hydrogen-bond acceptors (Lipinski definition) is 4. The highest BCUT2D eigenvalue weighted by molar-refractivity contribution is 5.79. The first-order valence-corrected chi connectivity index (χ1v) is 7.74. The Hall–Kier alpha value is -2.70. The van der Waals surface area contributed by atoms with Crippen molar-refractivity contribution < 1.29 is 9.72 Å². The molecule has 7 nitrogen and oxygen atoms in total. The second-order valence-corrected chi connectivity index (χ2v) is 6.85. The summed E-state index contributed by atoms with van der Waals surface area (Å²) in [4.78, 5) is 26.8. The van der Waals surface area contributed by atoms with Gasteiger partial charge in [-0.15, -0.1) is 0 Å². The molecule has 0 radical (unpaired) electrons. The summed E-state index contributed by atoms with van der Waals surface area (Å²) in [5.41, 5.74) is 0.478. The Morgan fingerprint density at radius 3 is 2.75 bits per heavy atom. The van der Waals surface area contributed by atoms with Crippen molar-refractivity contribution in [3.05, 3.63) is 58.7 Å². The van der Waals surface area contributed by atoms with Crippen molar-refractivity contribution in [2.45, 2.75) is 39.8 Å². The first-order chi connectivity index (χ1) is 11.3. The standard InChI is InChI=1S/C17H22N4O3/c1-17(2,3)15(11-20-8-7-18-12-20)19-16(22)10-13-5-4-6-14(9-13)21(23)24/h4-9,12,15H,10-11H2,1-3H3,(H,19,22). The maximum absolute atomic E-state index is 12.4. The van der Waals surface area contributed by atoms with Crippen molar-refractivity contribution in [2.75, 3.05) is 0 Å². The monoisotopic (exact) mass is 330 g/mol. The molecule has 24 heavy (non-hydrogen) atoms. The lowest BCUT2D eigenvalue weighted by atomic mass is 9.86. The van der Waals surface area contributed by atoms with Crippen molar-refractivity contribution in [2.24, 2.45) is 5.41 Å². The van der Waals surface area contributed by atoms with Crippen molar-refractivity contribution in [1.82, 2.24) is 14.9 Å². The number of carbonyl (C=O) groups excluding carboxylic acids is 1. The molecule has 0 bridgehead atoms. The normalized spacial score (nSPS) is 12.6. The molecule has 2 aromatic rings. The van der Waals surface area contributed by atoms with E-state index in [9.17, 15) is 14.9 Å². The van der Waals surface area contributed by atoms with Gasteiger partial charge in [-0.1, -0.05) is 32.9 Å². The molecule has 1 aromatic heterocycles. The van der Waals surface area contributed by atoms with Crippen LogP contribution in [0.1, 0.15) is 26.3 Å². The fourth-order valence-corrected chi connectivity index (χ4v) is 2.35. The van der Waals surface area contributed by atoms with Crippen LogP contribution in [0.15, 0.2) is 43.0 Å². The Bertz CT molecular complexity index is 705. The zero-order valence-corrected chi connectivity index (χ0v) is 14.1. The van der Waals surface area contributed by atoms with Gasteiger partial charge >= 0.3 is 0 Å². The van der Waals surface area contributed by atoms with Gasteiger partial charge in [0.25, 0.3) is 5.69 Å². The van der Waals surface area contributed by atoms with Crippen LogP contribution in [0.25, 0.3) is 0 Å². The smallest absolute Gasteiger partial charge is 0.269 e. The predicted octanol–water partition coefficient (Wildman–Crippen LogP) is 2.56. The number of benzene rings is 1. The van der Waals surface area contributed by atoms with Crippen LogP contribution in [0.4, 0.5) is 5.69 Å². The Morgan fingerprint density at radius 2 is 2.17 bits per heavy atom. The van der Waals surface area contributed by atoms with E-state index in [-0.39, 0.29) is 29.5 Å². The summed E-state index contributed by atoms with van der Waals surface area (Å²) in [5.74, 6) is -0.157. The molecule has 0 aliphatic heterocycles. The van der Waals surface area contributed by atoms with Gasteiger partial charge in [0.15, 0.2) is 0 Å². The first-order valence-electron chi connectivity index (χ1n) is 7.74. The molecule has 2 rings (SSSR count). The van der Waals surface area contributed by atoms with Crippen molar-refractivity contribution >= 4 is 11.6 Å². The molecule has 7 heteroatoms.